The standard InChI is InChI=1S/C32H41N3O5S/c1-6-8-20-33-32(37)29(7-2)34(22-26-16-18-27(40-5)19-17-26)31(36)23-35(30-21-24(3)14-15-25(30)4)41(38,39)28-12-10-9-11-13-28/h9-19,21,29H,6-8,20,22-23H2,1-5H3,(H,33,37)/t29-/m1/s1. The summed E-state index contributed by atoms with van der Waals surface area (Å²) in [7, 11) is -2.53. The topological polar surface area (TPSA) is 96.0 Å². The highest BCUT2D eigenvalue weighted by atomic mass is 32.2. The van der Waals surface area contributed by atoms with Gasteiger partial charge in [0.15, 0.2) is 0 Å². The van der Waals surface area contributed by atoms with Crippen LogP contribution in [-0.2, 0) is 26.2 Å². The minimum Gasteiger partial charge on any atom is -0.497 e. The first-order valence-electron chi connectivity index (χ1n) is 14.0. The molecule has 0 fully saturated rings. The molecule has 0 aliphatic heterocycles. The summed E-state index contributed by atoms with van der Waals surface area (Å²) < 4.78 is 34.4. The van der Waals surface area contributed by atoms with E-state index < -0.39 is 28.5 Å². The largest absolute Gasteiger partial charge is 0.497 e. The van der Waals surface area contributed by atoms with Crippen LogP contribution in [-0.4, -0.2) is 51.4 Å². The monoisotopic (exact) mass is 579 g/mol. The number of methoxy groups -OCH3 is 1. The van der Waals surface area contributed by atoms with Gasteiger partial charge in [0.25, 0.3) is 10.0 Å². The molecule has 0 aliphatic rings. The summed E-state index contributed by atoms with van der Waals surface area (Å²) >= 11 is 0. The van der Waals surface area contributed by atoms with Gasteiger partial charge in [-0.1, -0.05) is 62.7 Å². The molecule has 0 saturated carbocycles. The van der Waals surface area contributed by atoms with Gasteiger partial charge in [-0.25, -0.2) is 8.42 Å². The first-order chi connectivity index (χ1) is 19.6. The Bertz CT molecular complexity index is 1410. The number of aryl methyl sites for hydroxylation is 2. The molecular weight excluding hydrogens is 538 g/mol. The molecule has 0 radical (unpaired) electrons. The first-order valence-corrected chi connectivity index (χ1v) is 15.4. The molecule has 220 valence electrons. The van der Waals surface area contributed by atoms with Gasteiger partial charge in [-0.2, -0.15) is 0 Å². The van der Waals surface area contributed by atoms with Crippen LogP contribution >= 0.6 is 0 Å². The number of hydrogen-bond acceptors (Lipinski definition) is 5. The van der Waals surface area contributed by atoms with Crippen molar-refractivity contribution in [2.75, 3.05) is 24.5 Å². The quantitative estimate of drug-likeness (QED) is 0.264. The number of unbranched alkanes of at least 4 members (excludes halogenated alkanes) is 1. The number of benzene rings is 3. The Morgan fingerprint density at radius 1 is 0.951 bits per heavy atom. The highest BCUT2D eigenvalue weighted by Crippen LogP contribution is 2.28. The van der Waals surface area contributed by atoms with Crippen LogP contribution in [0.1, 0.15) is 49.8 Å². The van der Waals surface area contributed by atoms with Gasteiger partial charge in [-0.3, -0.25) is 13.9 Å². The van der Waals surface area contributed by atoms with E-state index in [9.17, 15) is 18.0 Å². The third kappa shape index (κ3) is 8.10. The molecule has 0 unspecified atom stereocenters. The Labute approximate surface area is 244 Å². The maximum absolute atomic E-state index is 14.2. The summed E-state index contributed by atoms with van der Waals surface area (Å²) in [6.45, 7) is 7.76. The van der Waals surface area contributed by atoms with E-state index in [1.165, 1.54) is 17.0 Å². The highest BCUT2D eigenvalue weighted by Gasteiger charge is 2.34. The zero-order valence-electron chi connectivity index (χ0n) is 24.6. The normalized spacial score (nSPS) is 11.9. The molecule has 41 heavy (non-hydrogen) atoms. The number of rotatable bonds is 14. The number of anilines is 1. The number of amides is 2. The van der Waals surface area contributed by atoms with Crippen LogP contribution < -0.4 is 14.4 Å². The molecule has 0 spiro atoms. The fourth-order valence-corrected chi connectivity index (χ4v) is 6.07. The number of ether oxygens (including phenoxy) is 1. The van der Waals surface area contributed by atoms with Crippen LogP contribution in [0.4, 0.5) is 5.69 Å². The van der Waals surface area contributed by atoms with Crippen molar-refractivity contribution in [2.24, 2.45) is 0 Å². The summed E-state index contributed by atoms with van der Waals surface area (Å²) in [4.78, 5) is 29.1. The van der Waals surface area contributed by atoms with Gasteiger partial charge in [0.2, 0.25) is 11.8 Å². The average molecular weight is 580 g/mol. The zero-order valence-corrected chi connectivity index (χ0v) is 25.4. The van der Waals surface area contributed by atoms with Crippen molar-refractivity contribution in [3.63, 3.8) is 0 Å². The Hall–Kier alpha value is -3.85. The van der Waals surface area contributed by atoms with Gasteiger partial charge < -0.3 is 15.0 Å². The second kappa shape index (κ2) is 14.7. The fourth-order valence-electron chi connectivity index (χ4n) is 4.57. The van der Waals surface area contributed by atoms with Gasteiger partial charge in [-0.05, 0) is 73.7 Å². The molecule has 8 nitrogen and oxygen atoms in total. The molecule has 0 bridgehead atoms. The predicted molar refractivity (Wildman–Crippen MR) is 162 cm³/mol. The minimum absolute atomic E-state index is 0.0831. The van der Waals surface area contributed by atoms with Gasteiger partial charge >= 0.3 is 0 Å². The Balaban J connectivity index is 2.06. The Morgan fingerprint density at radius 3 is 2.24 bits per heavy atom. The summed E-state index contributed by atoms with van der Waals surface area (Å²) in [5, 5.41) is 2.95. The average Bonchev–Trinajstić information content (AvgIpc) is 2.98. The van der Waals surface area contributed by atoms with E-state index in [0.29, 0.717) is 30.0 Å². The van der Waals surface area contributed by atoms with Crippen LogP contribution in [0.3, 0.4) is 0 Å². The van der Waals surface area contributed by atoms with Crippen molar-refractivity contribution >= 4 is 27.5 Å². The fraction of sp³-hybridized carbons (Fsp3) is 0.375. The Kier molecular flexibility index (Phi) is 11.3. The van der Waals surface area contributed by atoms with Gasteiger partial charge in [0, 0.05) is 13.1 Å². The number of nitrogens with zero attached hydrogens (tertiary/aromatic N) is 2. The van der Waals surface area contributed by atoms with Crippen molar-refractivity contribution in [1.82, 2.24) is 10.2 Å². The molecular formula is C32H41N3O5S. The van der Waals surface area contributed by atoms with E-state index in [1.54, 1.807) is 43.5 Å². The van der Waals surface area contributed by atoms with Crippen molar-refractivity contribution < 1.29 is 22.7 Å². The lowest BCUT2D eigenvalue weighted by atomic mass is 10.1. The molecule has 0 aromatic heterocycles. The summed E-state index contributed by atoms with van der Waals surface area (Å²) in [6.07, 6.45) is 2.12. The second-order valence-corrected chi connectivity index (χ2v) is 11.9. The lowest BCUT2D eigenvalue weighted by molar-refractivity contribution is -0.140. The molecule has 0 aliphatic carbocycles. The highest BCUT2D eigenvalue weighted by molar-refractivity contribution is 7.92. The van der Waals surface area contributed by atoms with E-state index >= 15 is 0 Å². The molecule has 0 saturated heterocycles. The number of hydrogen-bond donors (Lipinski definition) is 1. The van der Waals surface area contributed by atoms with E-state index in [2.05, 4.69) is 5.32 Å². The van der Waals surface area contributed by atoms with Gasteiger partial charge in [0.05, 0.1) is 17.7 Å². The third-order valence-electron chi connectivity index (χ3n) is 6.97. The predicted octanol–water partition coefficient (Wildman–Crippen LogP) is 5.23. The molecule has 3 aromatic rings. The molecule has 0 heterocycles. The minimum atomic E-state index is -4.11. The van der Waals surface area contributed by atoms with E-state index in [1.807, 2.05) is 52.0 Å². The van der Waals surface area contributed by atoms with E-state index in [4.69, 9.17) is 4.74 Å². The number of sulfonamides is 1. The smallest absolute Gasteiger partial charge is 0.264 e. The van der Waals surface area contributed by atoms with Gasteiger partial charge in [0.1, 0.15) is 18.3 Å². The van der Waals surface area contributed by atoms with Gasteiger partial charge in [-0.15, -0.1) is 0 Å². The molecule has 3 rings (SSSR count). The summed E-state index contributed by atoms with van der Waals surface area (Å²) in [6, 6.07) is 20.1. The van der Waals surface area contributed by atoms with Crippen LogP contribution in [0.15, 0.2) is 77.7 Å². The number of carbonyl (C=O) groups is 2. The third-order valence-corrected chi connectivity index (χ3v) is 8.74. The van der Waals surface area contributed by atoms with Crippen LogP contribution in [0.2, 0.25) is 0 Å². The van der Waals surface area contributed by atoms with Crippen molar-refractivity contribution in [3.05, 3.63) is 89.5 Å². The maximum Gasteiger partial charge on any atom is 0.264 e. The number of carbonyl (C=O) groups excluding carboxylic acids is 2. The zero-order chi connectivity index (χ0) is 30.0. The molecule has 3 aromatic carbocycles. The maximum atomic E-state index is 14.2. The van der Waals surface area contributed by atoms with Crippen molar-refractivity contribution in [2.45, 2.75) is 64.4 Å². The molecule has 2 amide bonds. The lowest BCUT2D eigenvalue weighted by Crippen LogP contribution is -2.52. The van der Waals surface area contributed by atoms with Crippen LogP contribution in [0, 0.1) is 13.8 Å². The summed E-state index contributed by atoms with van der Waals surface area (Å²) in [5.74, 6) is -0.0586. The molecule has 9 heteroatoms. The van der Waals surface area contributed by atoms with E-state index in [-0.39, 0.29) is 17.3 Å². The van der Waals surface area contributed by atoms with Crippen molar-refractivity contribution in [3.8, 4) is 5.75 Å². The SMILES string of the molecule is CCCCNC(=O)[C@@H](CC)N(Cc1ccc(OC)cc1)C(=O)CN(c1cc(C)ccc1C)S(=O)(=O)c1ccccc1. The lowest BCUT2D eigenvalue weighted by Gasteiger charge is -2.33. The molecule has 1 N–H and O–H groups in total. The van der Waals surface area contributed by atoms with Crippen molar-refractivity contribution in [1.29, 1.82) is 0 Å². The van der Waals surface area contributed by atoms with Crippen LogP contribution in [0.5, 0.6) is 5.75 Å². The Morgan fingerprint density at radius 2 is 1.63 bits per heavy atom. The van der Waals surface area contributed by atoms with E-state index in [0.717, 1.165) is 28.3 Å². The summed E-state index contributed by atoms with van der Waals surface area (Å²) in [5.41, 5.74) is 2.80. The first kappa shape index (κ1) is 31.7. The number of nitrogens with one attached hydrogen (secondary N) is 1. The molecule has 1 atom stereocenters. The second-order valence-electron chi connectivity index (χ2n) is 10.1. The van der Waals surface area contributed by atoms with Crippen LogP contribution in [0.25, 0.3) is 0 Å².